The van der Waals surface area contributed by atoms with Crippen molar-refractivity contribution in [1.29, 1.82) is 0 Å². The molecule has 74 valence electrons. The Hall–Kier alpha value is -1.49. The maximum Gasteiger partial charge on any atom is 0.255 e. The molecule has 0 aromatic carbocycles. The van der Waals surface area contributed by atoms with Crippen LogP contribution >= 0.6 is 0 Å². The van der Waals surface area contributed by atoms with Crippen LogP contribution in [0.2, 0.25) is 0 Å². The molecule has 1 aliphatic rings. The molecule has 1 aromatic heterocycles. The summed E-state index contributed by atoms with van der Waals surface area (Å²) in [5.74, 6) is -0.820. The summed E-state index contributed by atoms with van der Waals surface area (Å²) in [4.78, 5) is 16.6. The molecule has 0 spiro atoms. The Morgan fingerprint density at radius 1 is 1.57 bits per heavy atom. The third kappa shape index (κ3) is 1.58. The topological polar surface area (TPSA) is 53.4 Å². The summed E-state index contributed by atoms with van der Waals surface area (Å²) in [6.45, 7) is 0.630. The summed E-state index contributed by atoms with van der Waals surface area (Å²) in [5.41, 5.74) is 0.219. The molecule has 1 saturated heterocycles. The number of hydrogen-bond donors (Lipinski definition) is 1. The van der Waals surface area contributed by atoms with E-state index in [1.54, 1.807) is 0 Å². The fourth-order valence-electron chi connectivity index (χ4n) is 1.33. The number of aliphatic hydroxyl groups is 1. The molecule has 0 atom stereocenters. The molecule has 2 heterocycles. The quantitative estimate of drug-likeness (QED) is 0.689. The summed E-state index contributed by atoms with van der Waals surface area (Å²) < 4.78 is 12.7. The zero-order valence-electron chi connectivity index (χ0n) is 7.35. The van der Waals surface area contributed by atoms with E-state index in [0.717, 1.165) is 12.3 Å². The number of rotatable bonds is 1. The van der Waals surface area contributed by atoms with Crippen LogP contribution in [0.25, 0.3) is 0 Å². The van der Waals surface area contributed by atoms with E-state index in [0.29, 0.717) is 13.1 Å². The highest BCUT2D eigenvalue weighted by Crippen LogP contribution is 2.12. The highest BCUT2D eigenvalue weighted by molar-refractivity contribution is 5.94. The third-order valence-corrected chi connectivity index (χ3v) is 2.10. The van der Waals surface area contributed by atoms with Gasteiger partial charge in [0, 0.05) is 19.3 Å². The Morgan fingerprint density at radius 3 is 2.86 bits per heavy atom. The molecule has 0 radical (unpaired) electrons. The monoisotopic (exact) mass is 196 g/mol. The lowest BCUT2D eigenvalue weighted by Crippen LogP contribution is -2.53. The predicted octanol–water partition coefficient (Wildman–Crippen LogP) is 0.0374. The molecule has 14 heavy (non-hydrogen) atoms. The summed E-state index contributed by atoms with van der Waals surface area (Å²) in [6.07, 6.45) is 1.91. The van der Waals surface area contributed by atoms with Gasteiger partial charge in [-0.1, -0.05) is 0 Å². The van der Waals surface area contributed by atoms with Crippen molar-refractivity contribution < 1.29 is 14.3 Å². The first-order chi connectivity index (χ1) is 6.66. The smallest absolute Gasteiger partial charge is 0.255 e. The second kappa shape index (κ2) is 3.34. The number of amides is 1. The number of β-amino-alcohol motifs (C(OH)–C–C–N with tert-alkyl or cyclic N) is 1. The highest BCUT2D eigenvalue weighted by atomic mass is 19.1. The lowest BCUT2D eigenvalue weighted by molar-refractivity contribution is 0.00584. The maximum absolute atomic E-state index is 12.7. The van der Waals surface area contributed by atoms with Gasteiger partial charge in [0.25, 0.3) is 5.91 Å². The van der Waals surface area contributed by atoms with E-state index >= 15 is 0 Å². The second-order valence-corrected chi connectivity index (χ2v) is 3.26. The Labute approximate surface area is 80.0 Å². The van der Waals surface area contributed by atoms with Crippen molar-refractivity contribution in [3.05, 3.63) is 29.8 Å². The molecule has 0 bridgehead atoms. The molecular weight excluding hydrogens is 187 g/mol. The SMILES string of the molecule is O=C(c1cncc(F)c1)N1CC(O)C1. The molecule has 0 saturated carbocycles. The van der Waals surface area contributed by atoms with Crippen LogP contribution < -0.4 is 0 Å². The van der Waals surface area contributed by atoms with Crippen LogP contribution in [0.15, 0.2) is 18.5 Å². The number of carbonyl (C=O) groups excluding carboxylic acids is 1. The van der Waals surface area contributed by atoms with E-state index in [-0.39, 0.29) is 11.5 Å². The standard InChI is InChI=1S/C9H9FN2O2/c10-7-1-6(2-11-3-7)9(14)12-4-8(13)5-12/h1-3,8,13H,4-5H2. The molecule has 1 N–H and O–H groups in total. The van der Waals surface area contributed by atoms with Gasteiger partial charge < -0.3 is 10.0 Å². The van der Waals surface area contributed by atoms with Crippen LogP contribution in [0, 0.1) is 5.82 Å². The fraction of sp³-hybridized carbons (Fsp3) is 0.333. The summed E-state index contributed by atoms with van der Waals surface area (Å²) in [7, 11) is 0. The number of nitrogens with zero attached hydrogens (tertiary/aromatic N) is 2. The van der Waals surface area contributed by atoms with E-state index in [2.05, 4.69) is 4.98 Å². The van der Waals surface area contributed by atoms with Crippen LogP contribution in [0.3, 0.4) is 0 Å². The van der Waals surface area contributed by atoms with E-state index < -0.39 is 11.9 Å². The van der Waals surface area contributed by atoms with E-state index in [4.69, 9.17) is 5.11 Å². The minimum atomic E-state index is -0.531. The van der Waals surface area contributed by atoms with E-state index in [1.807, 2.05) is 0 Å². The molecule has 2 rings (SSSR count). The van der Waals surface area contributed by atoms with E-state index in [9.17, 15) is 9.18 Å². The lowest BCUT2D eigenvalue weighted by Gasteiger charge is -2.35. The van der Waals surface area contributed by atoms with Gasteiger partial charge in [-0.25, -0.2) is 4.39 Å². The van der Waals surface area contributed by atoms with Crippen LogP contribution in [-0.2, 0) is 0 Å². The average Bonchev–Trinajstić information content (AvgIpc) is 2.12. The van der Waals surface area contributed by atoms with Crippen LogP contribution in [0.1, 0.15) is 10.4 Å². The average molecular weight is 196 g/mol. The fourth-order valence-corrected chi connectivity index (χ4v) is 1.33. The van der Waals surface area contributed by atoms with Gasteiger partial charge in [-0.05, 0) is 6.07 Å². The van der Waals surface area contributed by atoms with Crippen molar-refractivity contribution >= 4 is 5.91 Å². The molecule has 1 fully saturated rings. The van der Waals surface area contributed by atoms with Crippen molar-refractivity contribution in [3.8, 4) is 0 Å². The predicted molar refractivity (Wildman–Crippen MR) is 46.1 cm³/mol. The van der Waals surface area contributed by atoms with Gasteiger partial charge in [0.1, 0.15) is 5.82 Å². The highest BCUT2D eigenvalue weighted by Gasteiger charge is 2.29. The number of hydrogen-bond acceptors (Lipinski definition) is 3. The number of carbonyl (C=O) groups is 1. The van der Waals surface area contributed by atoms with Gasteiger partial charge in [0.2, 0.25) is 0 Å². The second-order valence-electron chi connectivity index (χ2n) is 3.26. The molecule has 1 aliphatic heterocycles. The van der Waals surface area contributed by atoms with Gasteiger partial charge >= 0.3 is 0 Å². The maximum atomic E-state index is 12.7. The number of aliphatic hydroxyl groups excluding tert-OH is 1. The van der Waals surface area contributed by atoms with Gasteiger partial charge in [-0.2, -0.15) is 0 Å². The van der Waals surface area contributed by atoms with Crippen molar-refractivity contribution in [2.45, 2.75) is 6.10 Å². The van der Waals surface area contributed by atoms with Gasteiger partial charge in [-0.3, -0.25) is 9.78 Å². The zero-order chi connectivity index (χ0) is 10.1. The summed E-state index contributed by atoms with van der Waals surface area (Å²) in [5, 5.41) is 8.99. The Bertz CT molecular complexity index is 364. The van der Waals surface area contributed by atoms with Crippen LogP contribution in [-0.4, -0.2) is 40.1 Å². The number of aromatic nitrogens is 1. The Kier molecular flexibility index (Phi) is 2.17. The van der Waals surface area contributed by atoms with Crippen molar-refractivity contribution in [3.63, 3.8) is 0 Å². The molecule has 5 heteroatoms. The van der Waals surface area contributed by atoms with Crippen molar-refractivity contribution in [1.82, 2.24) is 9.88 Å². The first-order valence-electron chi connectivity index (χ1n) is 4.24. The van der Waals surface area contributed by atoms with Gasteiger partial charge in [0.15, 0.2) is 0 Å². The normalized spacial score (nSPS) is 16.6. The molecule has 0 unspecified atom stereocenters. The van der Waals surface area contributed by atoms with Crippen molar-refractivity contribution in [2.75, 3.05) is 13.1 Å². The molecule has 4 nitrogen and oxygen atoms in total. The number of pyridine rings is 1. The third-order valence-electron chi connectivity index (χ3n) is 2.10. The van der Waals surface area contributed by atoms with Crippen molar-refractivity contribution in [2.24, 2.45) is 0 Å². The van der Waals surface area contributed by atoms with Crippen LogP contribution in [0.5, 0.6) is 0 Å². The first kappa shape index (κ1) is 9.08. The summed E-state index contributed by atoms with van der Waals surface area (Å²) in [6, 6.07) is 1.14. The number of likely N-dealkylation sites (tertiary alicyclic amines) is 1. The van der Waals surface area contributed by atoms with Gasteiger partial charge in [-0.15, -0.1) is 0 Å². The largest absolute Gasteiger partial charge is 0.389 e. The lowest BCUT2D eigenvalue weighted by atomic mass is 10.1. The van der Waals surface area contributed by atoms with Gasteiger partial charge in [0.05, 0.1) is 17.9 Å². The molecular formula is C9H9FN2O2. The molecule has 1 amide bonds. The van der Waals surface area contributed by atoms with Crippen LogP contribution in [0.4, 0.5) is 4.39 Å². The molecule has 0 aliphatic carbocycles. The zero-order valence-corrected chi connectivity index (χ0v) is 7.35. The minimum Gasteiger partial charge on any atom is -0.389 e. The number of halogens is 1. The molecule has 1 aromatic rings. The Balaban J connectivity index is 2.12. The Morgan fingerprint density at radius 2 is 2.29 bits per heavy atom. The van der Waals surface area contributed by atoms with E-state index in [1.165, 1.54) is 11.1 Å². The first-order valence-corrected chi connectivity index (χ1v) is 4.24. The minimum absolute atomic E-state index is 0.219. The summed E-state index contributed by atoms with van der Waals surface area (Å²) >= 11 is 0.